The summed E-state index contributed by atoms with van der Waals surface area (Å²) in [5.74, 6) is -1.35. The third-order valence-corrected chi connectivity index (χ3v) is 3.81. The Hall–Kier alpha value is -1.93. The van der Waals surface area contributed by atoms with Crippen LogP contribution in [0.1, 0.15) is 16.1 Å². The van der Waals surface area contributed by atoms with E-state index in [0.29, 0.717) is 21.0 Å². The van der Waals surface area contributed by atoms with E-state index in [1.807, 2.05) is 0 Å². The molecule has 0 aliphatic carbocycles. The lowest BCUT2D eigenvalue weighted by atomic mass is 10.2. The van der Waals surface area contributed by atoms with Crippen molar-refractivity contribution in [2.45, 2.75) is 6.42 Å². The highest BCUT2D eigenvalue weighted by atomic mass is 79.9. The summed E-state index contributed by atoms with van der Waals surface area (Å²) in [6.07, 6.45) is 0.0895. The van der Waals surface area contributed by atoms with E-state index < -0.39 is 5.97 Å². The molecule has 0 saturated heterocycles. The molecule has 1 aromatic heterocycles. The zero-order valence-corrected chi connectivity index (χ0v) is 12.5. The van der Waals surface area contributed by atoms with E-state index in [0.717, 1.165) is 0 Å². The van der Waals surface area contributed by atoms with E-state index >= 15 is 0 Å². The van der Waals surface area contributed by atoms with E-state index in [-0.39, 0.29) is 17.9 Å². The normalized spacial score (nSPS) is 10.2. The van der Waals surface area contributed by atoms with Gasteiger partial charge in [0.05, 0.1) is 17.7 Å². The number of nitrogens with two attached hydrogens (primary N) is 1. The summed E-state index contributed by atoms with van der Waals surface area (Å²) in [5, 5.41) is 13.7. The zero-order valence-electron chi connectivity index (χ0n) is 10.1. The van der Waals surface area contributed by atoms with Crippen LogP contribution in [0.15, 0.2) is 28.1 Å². The number of aromatic carboxylic acids is 1. The molecule has 2 aromatic rings. The van der Waals surface area contributed by atoms with E-state index in [2.05, 4.69) is 26.2 Å². The summed E-state index contributed by atoms with van der Waals surface area (Å²) in [5.41, 5.74) is 6.57. The van der Waals surface area contributed by atoms with Gasteiger partial charge in [0, 0.05) is 15.5 Å². The second kappa shape index (κ2) is 6.02. The minimum atomic E-state index is -1.07. The van der Waals surface area contributed by atoms with Crippen LogP contribution in [0.2, 0.25) is 0 Å². The lowest BCUT2D eigenvalue weighted by Crippen LogP contribution is -2.15. The molecule has 1 aromatic carbocycles. The van der Waals surface area contributed by atoms with Gasteiger partial charge in [0.15, 0.2) is 5.13 Å². The third-order valence-electron chi connectivity index (χ3n) is 2.39. The number of carbonyl (C=O) groups excluding carboxylic acids is 1. The number of aromatic nitrogens is 1. The van der Waals surface area contributed by atoms with Crippen LogP contribution in [0.5, 0.6) is 0 Å². The highest BCUT2D eigenvalue weighted by Gasteiger charge is 2.11. The Balaban J connectivity index is 2.08. The lowest BCUT2D eigenvalue weighted by molar-refractivity contribution is -0.115. The second-order valence-electron chi connectivity index (χ2n) is 3.90. The van der Waals surface area contributed by atoms with Gasteiger partial charge in [-0.15, -0.1) is 11.3 Å². The summed E-state index contributed by atoms with van der Waals surface area (Å²) in [4.78, 5) is 26.8. The van der Waals surface area contributed by atoms with Crippen molar-refractivity contribution in [2.24, 2.45) is 0 Å². The van der Waals surface area contributed by atoms with Gasteiger partial charge in [0.25, 0.3) is 0 Å². The van der Waals surface area contributed by atoms with E-state index in [4.69, 9.17) is 10.8 Å². The standard InChI is InChI=1S/C12H10BrN3O3S/c13-9-2-1-6(3-8(9)11(18)19)15-10(17)4-7-5-20-12(14)16-7/h1-3,5H,4H2,(H2,14,16)(H,15,17)(H,18,19). The Morgan fingerprint density at radius 3 is 2.80 bits per heavy atom. The first kappa shape index (κ1) is 14.5. The van der Waals surface area contributed by atoms with E-state index in [1.165, 1.54) is 17.4 Å². The maximum atomic E-state index is 11.8. The van der Waals surface area contributed by atoms with Crippen molar-refractivity contribution in [1.29, 1.82) is 0 Å². The van der Waals surface area contributed by atoms with Crippen LogP contribution in [0.4, 0.5) is 10.8 Å². The fraction of sp³-hybridized carbons (Fsp3) is 0.0833. The average molecular weight is 356 g/mol. The van der Waals surface area contributed by atoms with Gasteiger partial charge in [-0.1, -0.05) is 0 Å². The van der Waals surface area contributed by atoms with Crippen LogP contribution in [-0.4, -0.2) is 22.0 Å². The Morgan fingerprint density at radius 2 is 2.20 bits per heavy atom. The zero-order chi connectivity index (χ0) is 14.7. The van der Waals surface area contributed by atoms with Gasteiger partial charge in [0.1, 0.15) is 0 Å². The number of nitrogen functional groups attached to an aromatic ring is 1. The van der Waals surface area contributed by atoms with Gasteiger partial charge in [-0.25, -0.2) is 9.78 Å². The number of nitrogens with zero attached hydrogens (tertiary/aromatic N) is 1. The molecular formula is C12H10BrN3O3S. The maximum Gasteiger partial charge on any atom is 0.336 e. The van der Waals surface area contributed by atoms with Gasteiger partial charge in [-0.2, -0.15) is 0 Å². The first-order valence-electron chi connectivity index (χ1n) is 5.48. The molecule has 104 valence electrons. The lowest BCUT2D eigenvalue weighted by Gasteiger charge is -2.06. The van der Waals surface area contributed by atoms with Crippen molar-refractivity contribution < 1.29 is 14.7 Å². The van der Waals surface area contributed by atoms with Gasteiger partial charge < -0.3 is 16.2 Å². The Kier molecular flexibility index (Phi) is 4.35. The molecule has 0 aliphatic rings. The number of anilines is 2. The minimum absolute atomic E-state index is 0.0840. The Morgan fingerprint density at radius 1 is 1.45 bits per heavy atom. The molecule has 1 amide bonds. The molecule has 0 bridgehead atoms. The molecule has 20 heavy (non-hydrogen) atoms. The van der Waals surface area contributed by atoms with Crippen molar-refractivity contribution in [3.05, 3.63) is 39.3 Å². The number of halogens is 1. The van der Waals surface area contributed by atoms with Crippen molar-refractivity contribution in [2.75, 3.05) is 11.1 Å². The summed E-state index contributed by atoms with van der Waals surface area (Å²) in [7, 11) is 0. The molecule has 8 heteroatoms. The predicted molar refractivity (Wildman–Crippen MR) is 80.0 cm³/mol. The highest BCUT2D eigenvalue weighted by molar-refractivity contribution is 9.10. The first-order valence-corrected chi connectivity index (χ1v) is 7.15. The fourth-order valence-electron chi connectivity index (χ4n) is 1.54. The molecule has 2 rings (SSSR count). The van der Waals surface area contributed by atoms with Crippen molar-refractivity contribution >= 4 is 50.0 Å². The number of rotatable bonds is 4. The highest BCUT2D eigenvalue weighted by Crippen LogP contribution is 2.21. The predicted octanol–water partition coefficient (Wildman–Crippen LogP) is 2.37. The number of carboxylic acids is 1. The van der Waals surface area contributed by atoms with Crippen LogP contribution in [0.3, 0.4) is 0 Å². The topological polar surface area (TPSA) is 105 Å². The smallest absolute Gasteiger partial charge is 0.336 e. The number of hydrogen-bond acceptors (Lipinski definition) is 5. The largest absolute Gasteiger partial charge is 0.478 e. The summed E-state index contributed by atoms with van der Waals surface area (Å²) < 4.78 is 0.454. The number of thiazole rings is 1. The van der Waals surface area contributed by atoms with Gasteiger partial charge in [-0.05, 0) is 34.1 Å². The maximum absolute atomic E-state index is 11.8. The van der Waals surface area contributed by atoms with Crippen molar-refractivity contribution in [1.82, 2.24) is 4.98 Å². The van der Waals surface area contributed by atoms with Crippen molar-refractivity contribution in [3.8, 4) is 0 Å². The summed E-state index contributed by atoms with van der Waals surface area (Å²) in [6, 6.07) is 4.57. The quantitative estimate of drug-likeness (QED) is 0.780. The summed E-state index contributed by atoms with van der Waals surface area (Å²) >= 11 is 4.40. The van der Waals surface area contributed by atoms with E-state index in [9.17, 15) is 9.59 Å². The molecule has 0 fully saturated rings. The van der Waals surface area contributed by atoms with Gasteiger partial charge >= 0.3 is 5.97 Å². The van der Waals surface area contributed by atoms with Crippen LogP contribution in [0, 0.1) is 0 Å². The third kappa shape index (κ3) is 3.55. The molecule has 1 heterocycles. The van der Waals surface area contributed by atoms with Crippen LogP contribution >= 0.6 is 27.3 Å². The van der Waals surface area contributed by atoms with Crippen LogP contribution in [-0.2, 0) is 11.2 Å². The van der Waals surface area contributed by atoms with Gasteiger partial charge in [0.2, 0.25) is 5.91 Å². The minimum Gasteiger partial charge on any atom is -0.478 e. The molecule has 0 spiro atoms. The molecule has 0 atom stereocenters. The number of nitrogens with one attached hydrogen (secondary N) is 1. The SMILES string of the molecule is Nc1nc(CC(=O)Nc2ccc(Br)c(C(=O)O)c2)cs1. The molecular weight excluding hydrogens is 346 g/mol. The molecule has 0 aliphatic heterocycles. The first-order chi connectivity index (χ1) is 9.45. The molecule has 6 nitrogen and oxygen atoms in total. The summed E-state index contributed by atoms with van der Waals surface area (Å²) in [6.45, 7) is 0. The monoisotopic (exact) mass is 355 g/mol. The fourth-order valence-corrected chi connectivity index (χ4v) is 2.52. The number of benzene rings is 1. The number of carboxylic acid groups (broad SMARTS) is 1. The van der Waals surface area contributed by atoms with Crippen LogP contribution in [0.25, 0.3) is 0 Å². The van der Waals surface area contributed by atoms with Crippen LogP contribution < -0.4 is 11.1 Å². The molecule has 0 saturated carbocycles. The van der Waals surface area contributed by atoms with Gasteiger partial charge in [-0.3, -0.25) is 4.79 Å². The second-order valence-corrected chi connectivity index (χ2v) is 5.65. The molecule has 0 radical (unpaired) electrons. The Labute approximate surface area is 126 Å². The number of carbonyl (C=O) groups is 2. The molecule has 0 unspecified atom stereocenters. The number of amides is 1. The Bertz CT molecular complexity index is 672. The average Bonchev–Trinajstić information content (AvgIpc) is 2.76. The molecule has 4 N–H and O–H groups in total. The van der Waals surface area contributed by atoms with Crippen molar-refractivity contribution in [3.63, 3.8) is 0 Å². The van der Waals surface area contributed by atoms with E-state index in [1.54, 1.807) is 17.5 Å². The number of hydrogen-bond donors (Lipinski definition) is 3.